The second-order valence-electron chi connectivity index (χ2n) is 8.51. The maximum atomic E-state index is 14.2. The van der Waals surface area contributed by atoms with Crippen LogP contribution >= 0.6 is 0 Å². The third-order valence-electron chi connectivity index (χ3n) is 6.01. The summed E-state index contributed by atoms with van der Waals surface area (Å²) in [7, 11) is 3.96. The Morgan fingerprint density at radius 1 is 0.968 bits per heavy atom. The topological polar surface area (TPSA) is 53.1 Å². The van der Waals surface area contributed by atoms with Gasteiger partial charge in [-0.05, 0) is 56.4 Å². The Balaban J connectivity index is 1.36. The molecular weight excluding hydrogens is 396 g/mol. The number of nitrogens with zero attached hydrogens (tertiary/aromatic N) is 3. The van der Waals surface area contributed by atoms with Crippen LogP contribution in [0.3, 0.4) is 0 Å². The first-order valence-corrected chi connectivity index (χ1v) is 10.8. The molecule has 1 aliphatic carbocycles. The summed E-state index contributed by atoms with van der Waals surface area (Å²) in [4.78, 5) is 11.4. The van der Waals surface area contributed by atoms with Crippen LogP contribution in [-0.4, -0.2) is 36.1 Å². The lowest BCUT2D eigenvalue weighted by molar-refractivity contribution is 0.348. The fourth-order valence-electron chi connectivity index (χ4n) is 4.21. The average molecular weight is 426 g/mol. The lowest BCUT2D eigenvalue weighted by atomic mass is 9.91. The molecule has 1 saturated carbocycles. The van der Waals surface area contributed by atoms with Gasteiger partial charge in [-0.1, -0.05) is 18.2 Å². The van der Waals surface area contributed by atoms with Crippen LogP contribution in [-0.2, 0) is 6.54 Å². The summed E-state index contributed by atoms with van der Waals surface area (Å²) in [5.41, 5.74) is 1.51. The second-order valence-corrected chi connectivity index (χ2v) is 8.51. The highest BCUT2D eigenvalue weighted by atomic mass is 19.1. The van der Waals surface area contributed by atoms with Crippen molar-refractivity contribution >= 4 is 22.7 Å². The van der Waals surface area contributed by atoms with E-state index in [1.807, 2.05) is 43.3 Å². The Kier molecular flexibility index (Phi) is 6.32. The number of fused-ring (bicyclic) bond motifs is 1. The number of para-hydroxylation sites is 1. The van der Waals surface area contributed by atoms with Crippen LogP contribution in [0.25, 0.3) is 10.9 Å². The summed E-state index contributed by atoms with van der Waals surface area (Å²) in [5, 5.41) is 7.85. The summed E-state index contributed by atoms with van der Waals surface area (Å²) < 4.78 is 28.2. The molecule has 1 heterocycles. The molecule has 1 fully saturated rings. The molecule has 2 aromatic carbocycles. The van der Waals surface area contributed by atoms with E-state index in [9.17, 15) is 8.78 Å². The predicted molar refractivity (Wildman–Crippen MR) is 121 cm³/mol. The Labute approximate surface area is 181 Å². The van der Waals surface area contributed by atoms with E-state index in [1.54, 1.807) is 6.92 Å². The van der Waals surface area contributed by atoms with Crippen LogP contribution in [0.5, 0.6) is 0 Å². The normalized spacial score (nSPS) is 18.9. The van der Waals surface area contributed by atoms with E-state index in [2.05, 4.69) is 15.6 Å². The zero-order valence-electron chi connectivity index (χ0n) is 18.3. The molecule has 0 aliphatic heterocycles. The van der Waals surface area contributed by atoms with E-state index in [-0.39, 0.29) is 24.2 Å². The minimum absolute atomic E-state index is 0.126. The molecule has 1 aromatic heterocycles. The van der Waals surface area contributed by atoms with Gasteiger partial charge in [-0.3, -0.25) is 0 Å². The Hall–Kier alpha value is -2.80. The highest BCUT2D eigenvalue weighted by molar-refractivity contribution is 5.90. The fraction of sp³-hybridized carbons (Fsp3) is 0.417. The van der Waals surface area contributed by atoms with E-state index in [4.69, 9.17) is 4.98 Å². The van der Waals surface area contributed by atoms with Gasteiger partial charge >= 0.3 is 0 Å². The molecule has 0 unspecified atom stereocenters. The van der Waals surface area contributed by atoms with Crippen LogP contribution < -0.4 is 15.5 Å². The van der Waals surface area contributed by atoms with Crippen molar-refractivity contribution in [2.24, 2.45) is 0 Å². The van der Waals surface area contributed by atoms with Crippen LogP contribution in [0.2, 0.25) is 0 Å². The number of halogens is 2. The van der Waals surface area contributed by atoms with Crippen molar-refractivity contribution in [3.05, 3.63) is 59.2 Å². The van der Waals surface area contributed by atoms with Gasteiger partial charge in [-0.15, -0.1) is 0 Å². The molecule has 164 valence electrons. The number of anilines is 2. The van der Waals surface area contributed by atoms with Gasteiger partial charge in [0.15, 0.2) is 0 Å². The SMILES string of the molecule is Cc1ccc(F)c(CN[C@H]2CC[C@@H](Nc3nc(N(C)C)c4ccccc4n3)CC2)c1F. The lowest BCUT2D eigenvalue weighted by Gasteiger charge is -2.30. The van der Waals surface area contributed by atoms with E-state index in [0.29, 0.717) is 11.5 Å². The number of benzene rings is 2. The molecule has 7 heteroatoms. The van der Waals surface area contributed by atoms with Gasteiger partial charge in [0.25, 0.3) is 0 Å². The standard InChI is InChI=1S/C24H29F2N5/c1-15-8-13-20(25)19(22(15)26)14-27-16-9-11-17(12-10-16)28-24-29-21-7-5-4-6-18(21)23(30-24)31(2)3/h4-8,13,16-17,27H,9-12,14H2,1-3H3,(H,28,29,30)/t16-,17+. The maximum Gasteiger partial charge on any atom is 0.225 e. The fourth-order valence-corrected chi connectivity index (χ4v) is 4.21. The number of hydrogen-bond acceptors (Lipinski definition) is 5. The first kappa shape index (κ1) is 21.4. The average Bonchev–Trinajstić information content (AvgIpc) is 2.77. The summed E-state index contributed by atoms with van der Waals surface area (Å²) >= 11 is 0. The molecule has 0 bridgehead atoms. The van der Waals surface area contributed by atoms with Gasteiger partial charge in [0.1, 0.15) is 17.5 Å². The lowest BCUT2D eigenvalue weighted by Crippen LogP contribution is -2.37. The van der Waals surface area contributed by atoms with Gasteiger partial charge in [0, 0.05) is 43.7 Å². The molecule has 4 rings (SSSR count). The van der Waals surface area contributed by atoms with Crippen LogP contribution in [0, 0.1) is 18.6 Å². The highest BCUT2D eigenvalue weighted by Gasteiger charge is 2.23. The zero-order chi connectivity index (χ0) is 22.0. The third-order valence-corrected chi connectivity index (χ3v) is 6.01. The smallest absolute Gasteiger partial charge is 0.225 e. The van der Waals surface area contributed by atoms with Gasteiger partial charge < -0.3 is 15.5 Å². The van der Waals surface area contributed by atoms with Crippen molar-refractivity contribution in [2.45, 2.75) is 51.2 Å². The molecule has 0 radical (unpaired) electrons. The van der Waals surface area contributed by atoms with Crippen molar-refractivity contribution in [1.82, 2.24) is 15.3 Å². The highest BCUT2D eigenvalue weighted by Crippen LogP contribution is 2.26. The Morgan fingerprint density at radius 3 is 2.42 bits per heavy atom. The molecule has 1 aliphatic rings. The number of nitrogens with one attached hydrogen (secondary N) is 2. The van der Waals surface area contributed by atoms with E-state index in [1.165, 1.54) is 12.1 Å². The quantitative estimate of drug-likeness (QED) is 0.594. The van der Waals surface area contributed by atoms with Gasteiger partial charge in [0.05, 0.1) is 5.52 Å². The van der Waals surface area contributed by atoms with Crippen molar-refractivity contribution in [2.75, 3.05) is 24.3 Å². The number of rotatable bonds is 6. The van der Waals surface area contributed by atoms with Crippen molar-refractivity contribution in [3.8, 4) is 0 Å². The van der Waals surface area contributed by atoms with Crippen LogP contribution in [0.15, 0.2) is 36.4 Å². The number of aromatic nitrogens is 2. The number of aryl methyl sites for hydroxylation is 1. The Morgan fingerprint density at radius 2 is 1.68 bits per heavy atom. The number of hydrogen-bond donors (Lipinski definition) is 2. The van der Waals surface area contributed by atoms with Crippen molar-refractivity contribution < 1.29 is 8.78 Å². The van der Waals surface area contributed by atoms with Gasteiger partial charge in [-0.2, -0.15) is 4.98 Å². The molecule has 3 aromatic rings. The maximum absolute atomic E-state index is 14.2. The summed E-state index contributed by atoms with van der Waals surface area (Å²) in [6.07, 6.45) is 3.76. The second kappa shape index (κ2) is 9.14. The molecule has 0 saturated heterocycles. The van der Waals surface area contributed by atoms with Crippen molar-refractivity contribution in [3.63, 3.8) is 0 Å². The van der Waals surface area contributed by atoms with Crippen LogP contribution in [0.1, 0.15) is 36.8 Å². The Bertz CT molecular complexity index is 1060. The van der Waals surface area contributed by atoms with E-state index >= 15 is 0 Å². The summed E-state index contributed by atoms with van der Waals surface area (Å²) in [6.45, 7) is 1.87. The largest absolute Gasteiger partial charge is 0.362 e. The monoisotopic (exact) mass is 425 g/mol. The van der Waals surface area contributed by atoms with Crippen molar-refractivity contribution in [1.29, 1.82) is 0 Å². The van der Waals surface area contributed by atoms with Gasteiger partial charge in [0.2, 0.25) is 5.95 Å². The molecular formula is C24H29F2N5. The first-order chi connectivity index (χ1) is 14.9. The molecule has 0 atom stereocenters. The summed E-state index contributed by atoms with van der Waals surface area (Å²) in [5.74, 6) is 0.595. The van der Waals surface area contributed by atoms with Gasteiger partial charge in [-0.25, -0.2) is 13.8 Å². The third kappa shape index (κ3) is 4.77. The van der Waals surface area contributed by atoms with E-state index in [0.717, 1.165) is 42.4 Å². The molecule has 31 heavy (non-hydrogen) atoms. The van der Waals surface area contributed by atoms with Crippen LogP contribution in [0.4, 0.5) is 20.5 Å². The summed E-state index contributed by atoms with van der Waals surface area (Å²) in [6, 6.07) is 11.3. The molecule has 0 amide bonds. The first-order valence-electron chi connectivity index (χ1n) is 10.8. The zero-order valence-corrected chi connectivity index (χ0v) is 18.3. The molecule has 2 N–H and O–H groups in total. The molecule has 0 spiro atoms. The molecule has 5 nitrogen and oxygen atoms in total. The minimum Gasteiger partial charge on any atom is -0.362 e. The minimum atomic E-state index is -0.490. The predicted octanol–water partition coefficient (Wildman–Crippen LogP) is 4.80. The van der Waals surface area contributed by atoms with E-state index < -0.39 is 11.6 Å².